The van der Waals surface area contributed by atoms with Crippen LogP contribution in [-0.2, 0) is 28.6 Å². The number of aliphatic hydroxyl groups is 1. The number of methoxy groups -OCH3 is 3. The van der Waals surface area contributed by atoms with Crippen LogP contribution < -0.4 is 9.47 Å². The van der Waals surface area contributed by atoms with E-state index in [0.717, 1.165) is 29.5 Å². The lowest BCUT2D eigenvalue weighted by Gasteiger charge is -2.09. The summed E-state index contributed by atoms with van der Waals surface area (Å²) in [6, 6.07) is 28.2. The molecule has 3 aromatic rings. The monoisotopic (exact) mass is 811 g/mol. The maximum Gasteiger partial charge on any atom is 0.306 e. The van der Waals surface area contributed by atoms with Crippen molar-refractivity contribution in [3.8, 4) is 40.8 Å². The zero-order valence-electron chi connectivity index (χ0n) is 33.6. The van der Waals surface area contributed by atoms with E-state index in [1.54, 1.807) is 30.3 Å². The van der Waals surface area contributed by atoms with Crippen LogP contribution in [0.1, 0.15) is 61.9 Å². The Morgan fingerprint density at radius 1 is 0.661 bits per heavy atom. The molecule has 3 atom stereocenters. The number of aliphatic hydroxyl groups excluding tert-OH is 1. The third kappa shape index (κ3) is 24.6. The van der Waals surface area contributed by atoms with Gasteiger partial charge in [-0.15, -0.1) is 0 Å². The van der Waals surface area contributed by atoms with Crippen LogP contribution in [0.5, 0.6) is 11.5 Å². The minimum Gasteiger partial charge on any atom is -0.494 e. The lowest BCUT2D eigenvalue weighted by molar-refractivity contribution is -0.138. The summed E-state index contributed by atoms with van der Waals surface area (Å²) in [5.74, 6) is -0.483. The molecular weight excluding hydrogens is 759 g/mol. The lowest BCUT2D eigenvalue weighted by atomic mass is 10.0. The molecule has 0 bridgehead atoms. The van der Waals surface area contributed by atoms with Crippen molar-refractivity contribution in [1.29, 1.82) is 15.8 Å². The molecule has 0 heterocycles. The summed E-state index contributed by atoms with van der Waals surface area (Å²) >= 11 is 0. The van der Waals surface area contributed by atoms with Gasteiger partial charge in [0.1, 0.15) is 18.3 Å². The van der Waals surface area contributed by atoms with Crippen LogP contribution in [0.2, 0.25) is 0 Å². The SMILES string of the molecule is C=O.COC(C#N)/C=C\C/C=C\C/C=C\CCO.COC(C#N)c1ccc(-c2ccc(OCCCC(=O)O)cc2)cc1.COC(C#N)c1cccc(OCCC(=O)O)c1. The number of carbonyl (C=O) groups is 3. The average Bonchev–Trinajstić information content (AvgIpc) is 3.26. The van der Waals surface area contributed by atoms with Gasteiger partial charge in [-0.3, -0.25) is 9.59 Å². The molecule has 0 amide bonds. The Labute approximate surface area is 346 Å². The predicted molar refractivity (Wildman–Crippen MR) is 221 cm³/mol. The quantitative estimate of drug-likeness (QED) is 0.0651. The van der Waals surface area contributed by atoms with E-state index in [9.17, 15) is 9.59 Å². The fourth-order valence-electron chi connectivity index (χ4n) is 4.57. The molecular formula is C45H53N3O11. The Morgan fingerprint density at radius 3 is 1.73 bits per heavy atom. The normalized spacial score (nSPS) is 11.8. The number of carbonyl (C=O) groups excluding carboxylic acids is 1. The van der Waals surface area contributed by atoms with Crippen LogP contribution >= 0.6 is 0 Å². The van der Waals surface area contributed by atoms with Crippen molar-refractivity contribution in [2.45, 2.75) is 56.8 Å². The Bertz CT molecular complexity index is 1820. The number of hydrogen-bond donors (Lipinski definition) is 3. The van der Waals surface area contributed by atoms with Crippen LogP contribution in [0.4, 0.5) is 0 Å². The number of nitriles is 3. The number of nitrogens with zero attached hydrogens (tertiary/aromatic N) is 3. The van der Waals surface area contributed by atoms with Crippen molar-refractivity contribution < 1.29 is 53.4 Å². The van der Waals surface area contributed by atoms with Gasteiger partial charge in [0.25, 0.3) is 0 Å². The standard InChI is InChI=1S/C19H19NO4.C13H19NO2.C12H13NO4.CH2O/c1-23-18(13-20)16-6-4-14(5-7-16)15-8-10-17(11-9-15)24-12-2-3-19(21)22;1-16-13(12-14)10-8-6-4-2-3-5-7-9-11-15;1-16-11(8-13)9-3-2-4-10(7-9)17-6-5-12(14)15;1-2/h4-11,18H,2-3,12H2,1H3,(H,21,22);2,4-5,7-8,10,13,15H,3,6,9,11H2,1H3;2-4,7,11H,5-6H2,1H3,(H,14,15);1H2/b;4-2-,7-5-,10-8-;;. The molecule has 0 radical (unpaired) electrons. The number of allylic oxidation sites excluding steroid dienone is 4. The molecule has 3 N–H and O–H groups in total. The molecule has 3 unspecified atom stereocenters. The van der Waals surface area contributed by atoms with Gasteiger partial charge in [0, 0.05) is 34.4 Å². The van der Waals surface area contributed by atoms with Crippen molar-refractivity contribution >= 4 is 18.7 Å². The molecule has 0 aromatic heterocycles. The Balaban J connectivity index is 0.000000862. The summed E-state index contributed by atoms with van der Waals surface area (Å²) in [4.78, 5) is 28.7. The first-order chi connectivity index (χ1) is 28.6. The van der Waals surface area contributed by atoms with Gasteiger partial charge in [0.15, 0.2) is 18.3 Å². The molecule has 314 valence electrons. The van der Waals surface area contributed by atoms with E-state index in [2.05, 4.69) is 6.07 Å². The van der Waals surface area contributed by atoms with E-state index in [1.165, 1.54) is 21.3 Å². The zero-order valence-corrected chi connectivity index (χ0v) is 33.6. The minimum atomic E-state index is -0.909. The van der Waals surface area contributed by atoms with Gasteiger partial charge in [0.05, 0.1) is 37.8 Å². The lowest BCUT2D eigenvalue weighted by Crippen LogP contribution is -2.05. The summed E-state index contributed by atoms with van der Waals surface area (Å²) in [6.07, 6.45) is 13.0. The van der Waals surface area contributed by atoms with E-state index < -0.39 is 30.3 Å². The number of ether oxygens (including phenoxy) is 5. The van der Waals surface area contributed by atoms with Gasteiger partial charge in [-0.25, -0.2) is 0 Å². The van der Waals surface area contributed by atoms with E-state index in [0.29, 0.717) is 36.5 Å². The van der Waals surface area contributed by atoms with E-state index >= 15 is 0 Å². The van der Waals surface area contributed by atoms with Crippen molar-refractivity contribution in [3.05, 3.63) is 120 Å². The van der Waals surface area contributed by atoms with Gasteiger partial charge in [-0.1, -0.05) is 78.9 Å². The Morgan fingerprint density at radius 2 is 1.20 bits per heavy atom. The van der Waals surface area contributed by atoms with Crippen LogP contribution in [0.25, 0.3) is 11.1 Å². The second-order valence-corrected chi connectivity index (χ2v) is 11.7. The largest absolute Gasteiger partial charge is 0.494 e. The van der Waals surface area contributed by atoms with Gasteiger partial charge in [0.2, 0.25) is 0 Å². The predicted octanol–water partition coefficient (Wildman–Crippen LogP) is 7.73. The maximum atomic E-state index is 10.4. The van der Waals surface area contributed by atoms with Crippen LogP contribution in [0, 0.1) is 34.0 Å². The third-order valence-electron chi connectivity index (χ3n) is 7.52. The molecule has 0 saturated heterocycles. The number of carboxylic acid groups (broad SMARTS) is 2. The van der Waals surface area contributed by atoms with Crippen molar-refractivity contribution in [1.82, 2.24) is 0 Å². The Kier molecular flexibility index (Phi) is 30.8. The molecule has 0 spiro atoms. The first-order valence-corrected chi connectivity index (χ1v) is 18.3. The molecule has 3 aromatic carbocycles. The fourth-order valence-corrected chi connectivity index (χ4v) is 4.57. The van der Waals surface area contributed by atoms with Crippen molar-refractivity contribution in [2.75, 3.05) is 41.2 Å². The number of carboxylic acids is 2. The minimum absolute atomic E-state index is 0.0593. The molecule has 14 heteroatoms. The van der Waals surface area contributed by atoms with Gasteiger partial charge >= 0.3 is 11.9 Å². The summed E-state index contributed by atoms with van der Waals surface area (Å²) < 4.78 is 25.7. The highest BCUT2D eigenvalue weighted by Crippen LogP contribution is 2.25. The molecule has 0 aliphatic heterocycles. The van der Waals surface area contributed by atoms with Crippen LogP contribution in [0.3, 0.4) is 0 Å². The van der Waals surface area contributed by atoms with Gasteiger partial charge in [-0.2, -0.15) is 15.8 Å². The summed E-state index contributed by atoms with van der Waals surface area (Å²) in [5.41, 5.74) is 3.57. The van der Waals surface area contributed by atoms with Crippen molar-refractivity contribution in [3.63, 3.8) is 0 Å². The fraction of sp³-hybridized carbons (Fsp3) is 0.333. The topological polar surface area (TPSA) is 229 Å². The number of hydrogen-bond acceptors (Lipinski definition) is 12. The maximum absolute atomic E-state index is 10.4. The molecule has 59 heavy (non-hydrogen) atoms. The highest BCUT2D eigenvalue weighted by Gasteiger charge is 2.10. The number of aliphatic carboxylic acids is 2. The first-order valence-electron chi connectivity index (χ1n) is 18.3. The second-order valence-electron chi connectivity index (χ2n) is 11.7. The highest BCUT2D eigenvalue weighted by atomic mass is 16.5. The van der Waals surface area contributed by atoms with Crippen LogP contribution in [-0.4, -0.2) is 81.3 Å². The first kappa shape index (κ1) is 52.4. The van der Waals surface area contributed by atoms with Gasteiger partial charge < -0.3 is 43.8 Å². The highest BCUT2D eigenvalue weighted by molar-refractivity contribution is 5.67. The van der Waals surface area contributed by atoms with Crippen molar-refractivity contribution in [2.24, 2.45) is 0 Å². The zero-order chi connectivity index (χ0) is 44.1. The van der Waals surface area contributed by atoms with Gasteiger partial charge in [-0.05, 0) is 78.3 Å². The second kappa shape index (κ2) is 34.6. The summed E-state index contributed by atoms with van der Waals surface area (Å²) in [6.45, 7) is 2.69. The van der Waals surface area contributed by atoms with Crippen LogP contribution in [0.15, 0.2) is 109 Å². The third-order valence-corrected chi connectivity index (χ3v) is 7.52. The molecule has 3 rings (SSSR count). The van der Waals surface area contributed by atoms with E-state index in [1.807, 2.05) is 97.8 Å². The molecule has 0 aliphatic rings. The molecule has 0 saturated carbocycles. The molecule has 0 aliphatic carbocycles. The van der Waals surface area contributed by atoms with E-state index in [4.69, 9.17) is 59.6 Å². The molecule has 14 nitrogen and oxygen atoms in total. The number of benzene rings is 3. The Hall–Kier alpha value is -6.60. The number of rotatable bonds is 22. The summed E-state index contributed by atoms with van der Waals surface area (Å²) in [5, 5.41) is 52.0. The average molecular weight is 812 g/mol. The van der Waals surface area contributed by atoms with E-state index in [-0.39, 0.29) is 26.1 Å². The smallest absolute Gasteiger partial charge is 0.306 e. The summed E-state index contributed by atoms with van der Waals surface area (Å²) in [7, 11) is 4.48. The molecule has 0 fully saturated rings.